The summed E-state index contributed by atoms with van der Waals surface area (Å²) >= 11 is 5.61. The number of nitrogens with one attached hydrogen (secondary N) is 1. The van der Waals surface area contributed by atoms with Crippen LogP contribution in [-0.2, 0) is 0 Å². The van der Waals surface area contributed by atoms with Gasteiger partial charge in [-0.2, -0.15) is 0 Å². The van der Waals surface area contributed by atoms with Crippen molar-refractivity contribution in [2.24, 2.45) is 4.99 Å². The van der Waals surface area contributed by atoms with E-state index in [0.29, 0.717) is 5.84 Å². The fraction of sp³-hybridized carbons (Fsp3) is 0.222. The van der Waals surface area contributed by atoms with Crippen LogP contribution in [0, 0.1) is 0 Å². The lowest BCUT2D eigenvalue weighted by molar-refractivity contribution is 0.188. The number of hydrogen-bond donors (Lipinski definition) is 2. The van der Waals surface area contributed by atoms with E-state index in [1.54, 1.807) is 0 Å². The second-order valence-electron chi connectivity index (χ2n) is 2.80. The van der Waals surface area contributed by atoms with Gasteiger partial charge in [0.05, 0.1) is 5.88 Å². The Morgan fingerprint density at radius 2 is 2.23 bits per heavy atom. The number of hydrogen-bond acceptors (Lipinski definition) is 3. The third-order valence-corrected chi connectivity index (χ3v) is 2.18. The molecule has 1 heterocycles. The van der Waals surface area contributed by atoms with Crippen molar-refractivity contribution in [2.45, 2.75) is 6.23 Å². The summed E-state index contributed by atoms with van der Waals surface area (Å²) < 4.78 is 0. The number of amidine groups is 1. The first-order chi connectivity index (χ1) is 6.31. The monoisotopic (exact) mass is 196 g/mol. The Kier molecular flexibility index (Phi) is 2.20. The molecule has 0 amide bonds. The predicted molar refractivity (Wildman–Crippen MR) is 53.2 cm³/mol. The molecular formula is C9H9ClN2O. The van der Waals surface area contributed by atoms with Crippen LogP contribution in [0.2, 0.25) is 0 Å². The van der Waals surface area contributed by atoms with Crippen LogP contribution < -0.4 is 5.32 Å². The third kappa shape index (κ3) is 1.53. The van der Waals surface area contributed by atoms with Gasteiger partial charge in [0.1, 0.15) is 5.84 Å². The Balaban J connectivity index is 2.40. The number of alkyl halides is 1. The largest absolute Gasteiger partial charge is 0.368 e. The van der Waals surface area contributed by atoms with Gasteiger partial charge in [-0.05, 0) is 6.07 Å². The van der Waals surface area contributed by atoms with Gasteiger partial charge in [-0.1, -0.05) is 18.2 Å². The second kappa shape index (κ2) is 3.36. The first kappa shape index (κ1) is 8.53. The Labute approximate surface area is 81.1 Å². The number of anilines is 1. The molecule has 1 aromatic rings. The predicted octanol–water partition coefficient (Wildman–Crippen LogP) is 1.74. The molecule has 13 heavy (non-hydrogen) atoms. The molecule has 2 N–H and O–H groups in total. The van der Waals surface area contributed by atoms with Gasteiger partial charge in [0.15, 0.2) is 6.23 Å². The van der Waals surface area contributed by atoms with Crippen LogP contribution in [0.4, 0.5) is 5.69 Å². The number of nitrogens with zero attached hydrogens (tertiary/aromatic N) is 1. The van der Waals surface area contributed by atoms with Gasteiger partial charge in [0.25, 0.3) is 0 Å². The van der Waals surface area contributed by atoms with Crippen LogP contribution in [0.3, 0.4) is 0 Å². The minimum absolute atomic E-state index is 0.283. The zero-order chi connectivity index (χ0) is 9.26. The molecule has 0 saturated carbocycles. The quantitative estimate of drug-likeness (QED) is 0.672. The number of halogens is 1. The normalized spacial score (nSPS) is 20.2. The van der Waals surface area contributed by atoms with Crippen molar-refractivity contribution >= 4 is 23.1 Å². The highest BCUT2D eigenvalue weighted by Crippen LogP contribution is 2.27. The van der Waals surface area contributed by atoms with E-state index in [4.69, 9.17) is 11.6 Å². The maximum Gasteiger partial charge on any atom is 0.175 e. The van der Waals surface area contributed by atoms with Gasteiger partial charge in [0, 0.05) is 11.3 Å². The van der Waals surface area contributed by atoms with Crippen LogP contribution in [0.15, 0.2) is 29.3 Å². The minimum Gasteiger partial charge on any atom is -0.368 e. The van der Waals surface area contributed by atoms with Gasteiger partial charge in [0.2, 0.25) is 0 Å². The summed E-state index contributed by atoms with van der Waals surface area (Å²) in [6, 6.07) is 7.49. The molecule has 68 valence electrons. The standard InChI is InChI=1S/C9H9ClN2O/c10-5-8-11-7-4-2-1-3-6(7)9(13)12-8/h1-4,9,13H,5H2,(H,11,12)/t9-/m0/s1. The van der Waals surface area contributed by atoms with E-state index in [2.05, 4.69) is 10.3 Å². The van der Waals surface area contributed by atoms with E-state index in [1.165, 1.54) is 0 Å². The highest BCUT2D eigenvalue weighted by Gasteiger charge is 2.17. The van der Waals surface area contributed by atoms with Crippen LogP contribution in [-0.4, -0.2) is 16.8 Å². The average molecular weight is 197 g/mol. The maximum atomic E-state index is 9.58. The number of rotatable bonds is 1. The summed E-state index contributed by atoms with van der Waals surface area (Å²) in [4.78, 5) is 3.97. The smallest absolute Gasteiger partial charge is 0.175 e. The van der Waals surface area contributed by atoms with Gasteiger partial charge in [-0.25, -0.2) is 4.99 Å². The number of aliphatic hydroxyl groups is 1. The number of benzene rings is 1. The van der Waals surface area contributed by atoms with Gasteiger partial charge < -0.3 is 10.4 Å². The second-order valence-corrected chi connectivity index (χ2v) is 3.06. The van der Waals surface area contributed by atoms with Crippen molar-refractivity contribution in [1.82, 2.24) is 0 Å². The number of fused-ring (bicyclic) bond motifs is 1. The van der Waals surface area contributed by atoms with E-state index in [9.17, 15) is 5.11 Å². The SMILES string of the molecule is O[C@@H]1N=C(CCl)Nc2ccccc21. The van der Waals surface area contributed by atoms with Crippen LogP contribution >= 0.6 is 11.6 Å². The van der Waals surface area contributed by atoms with E-state index in [-0.39, 0.29) is 5.88 Å². The topological polar surface area (TPSA) is 44.6 Å². The van der Waals surface area contributed by atoms with Crippen LogP contribution in [0.5, 0.6) is 0 Å². The molecule has 3 nitrogen and oxygen atoms in total. The molecule has 4 heteroatoms. The summed E-state index contributed by atoms with van der Waals surface area (Å²) in [5.41, 5.74) is 1.66. The molecule has 0 fully saturated rings. The Hall–Kier alpha value is -1.06. The summed E-state index contributed by atoms with van der Waals surface area (Å²) in [5.74, 6) is 0.888. The van der Waals surface area contributed by atoms with Crippen LogP contribution in [0.1, 0.15) is 11.8 Å². The molecule has 1 atom stereocenters. The van der Waals surface area contributed by atoms with Crippen molar-refractivity contribution in [1.29, 1.82) is 0 Å². The minimum atomic E-state index is -0.786. The molecule has 0 saturated heterocycles. The highest BCUT2D eigenvalue weighted by atomic mass is 35.5. The lowest BCUT2D eigenvalue weighted by Crippen LogP contribution is -2.21. The molecule has 0 radical (unpaired) electrons. The van der Waals surface area contributed by atoms with Crippen molar-refractivity contribution in [3.8, 4) is 0 Å². The molecule has 1 aliphatic heterocycles. The maximum absolute atomic E-state index is 9.58. The number of aliphatic hydroxyl groups excluding tert-OH is 1. The lowest BCUT2D eigenvalue weighted by Gasteiger charge is -2.20. The molecular weight excluding hydrogens is 188 g/mol. The van der Waals surface area contributed by atoms with Gasteiger partial charge in [-0.15, -0.1) is 11.6 Å². The molecule has 0 spiro atoms. The molecule has 1 aliphatic rings. The van der Waals surface area contributed by atoms with Gasteiger partial charge >= 0.3 is 0 Å². The van der Waals surface area contributed by atoms with Crippen molar-refractivity contribution < 1.29 is 5.11 Å². The molecule has 0 aromatic heterocycles. The Bertz CT molecular complexity index is 351. The zero-order valence-corrected chi connectivity index (χ0v) is 7.62. The summed E-state index contributed by atoms with van der Waals surface area (Å²) in [6.45, 7) is 0. The molecule has 1 aromatic carbocycles. The van der Waals surface area contributed by atoms with Crippen LogP contribution in [0.25, 0.3) is 0 Å². The lowest BCUT2D eigenvalue weighted by atomic mass is 10.1. The van der Waals surface area contributed by atoms with Crippen molar-refractivity contribution in [3.05, 3.63) is 29.8 Å². The average Bonchev–Trinajstić information content (AvgIpc) is 2.18. The summed E-state index contributed by atoms with van der Waals surface area (Å²) in [5, 5.41) is 12.6. The van der Waals surface area contributed by atoms with Crippen molar-refractivity contribution in [3.63, 3.8) is 0 Å². The molecule has 0 bridgehead atoms. The Morgan fingerprint density at radius 3 is 3.00 bits per heavy atom. The first-order valence-electron chi connectivity index (χ1n) is 3.98. The summed E-state index contributed by atoms with van der Waals surface area (Å²) in [6.07, 6.45) is -0.786. The fourth-order valence-electron chi connectivity index (χ4n) is 1.31. The van der Waals surface area contributed by atoms with E-state index >= 15 is 0 Å². The molecule has 2 rings (SSSR count). The molecule has 0 aliphatic carbocycles. The Morgan fingerprint density at radius 1 is 1.46 bits per heavy atom. The zero-order valence-electron chi connectivity index (χ0n) is 6.87. The van der Waals surface area contributed by atoms with Gasteiger partial charge in [-0.3, -0.25) is 0 Å². The first-order valence-corrected chi connectivity index (χ1v) is 4.51. The number of para-hydroxylation sites is 1. The summed E-state index contributed by atoms with van der Waals surface area (Å²) in [7, 11) is 0. The number of aliphatic imine (C=N–C) groups is 1. The van der Waals surface area contributed by atoms with E-state index in [0.717, 1.165) is 11.3 Å². The molecule has 0 unspecified atom stereocenters. The van der Waals surface area contributed by atoms with Crippen molar-refractivity contribution in [2.75, 3.05) is 11.2 Å². The fourth-order valence-corrected chi connectivity index (χ4v) is 1.44. The van der Waals surface area contributed by atoms with E-state index < -0.39 is 6.23 Å². The van der Waals surface area contributed by atoms with E-state index in [1.807, 2.05) is 24.3 Å². The highest BCUT2D eigenvalue weighted by molar-refractivity contribution is 6.30. The third-order valence-electron chi connectivity index (χ3n) is 1.92.